The molecule has 0 unspecified atom stereocenters. The van der Waals surface area contributed by atoms with Crippen LogP contribution in [-0.4, -0.2) is 5.78 Å². The van der Waals surface area contributed by atoms with Crippen LogP contribution in [0.25, 0.3) is 0 Å². The fraction of sp³-hybridized carbons (Fsp3) is 0.167. The van der Waals surface area contributed by atoms with Crippen LogP contribution in [0, 0.1) is 28.5 Å². The molecule has 112 valence electrons. The summed E-state index contributed by atoms with van der Waals surface area (Å²) in [5, 5.41) is 17.8. The van der Waals surface area contributed by atoms with Gasteiger partial charge in [0.2, 0.25) is 0 Å². The number of hydrogen-bond acceptors (Lipinski definition) is 4. The van der Waals surface area contributed by atoms with Crippen LogP contribution in [0.4, 0.5) is 4.39 Å². The molecule has 5 heteroatoms. The Morgan fingerprint density at radius 1 is 1.17 bits per heavy atom. The highest BCUT2D eigenvalue weighted by molar-refractivity contribution is 6.02. The van der Waals surface area contributed by atoms with Crippen LogP contribution >= 0.6 is 0 Å². The SMILES string of the molecule is N#CCc1ccc(Oc2cc(F)cc(C#N)c2)c2c1C(=O)CC2. The van der Waals surface area contributed by atoms with Crippen LogP contribution in [0.3, 0.4) is 0 Å². The second-order valence-corrected chi connectivity index (χ2v) is 5.22. The number of ketones is 1. The highest BCUT2D eigenvalue weighted by Gasteiger charge is 2.26. The lowest BCUT2D eigenvalue weighted by Crippen LogP contribution is -2.00. The lowest BCUT2D eigenvalue weighted by Gasteiger charge is -2.12. The third-order valence-corrected chi connectivity index (χ3v) is 3.73. The Hall–Kier alpha value is -3.18. The van der Waals surface area contributed by atoms with Gasteiger partial charge in [-0.3, -0.25) is 4.79 Å². The molecule has 0 heterocycles. The second-order valence-electron chi connectivity index (χ2n) is 5.22. The molecule has 0 N–H and O–H groups in total. The normalized spacial score (nSPS) is 12.4. The minimum Gasteiger partial charge on any atom is -0.457 e. The number of Topliss-reactive ketones (excluding diaryl/α,β-unsaturated/α-hetero) is 1. The van der Waals surface area contributed by atoms with Crippen molar-refractivity contribution in [2.45, 2.75) is 19.3 Å². The molecule has 0 spiro atoms. The van der Waals surface area contributed by atoms with E-state index in [0.717, 1.165) is 11.6 Å². The van der Waals surface area contributed by atoms with Gasteiger partial charge in [-0.2, -0.15) is 10.5 Å². The van der Waals surface area contributed by atoms with E-state index < -0.39 is 5.82 Å². The molecule has 0 radical (unpaired) electrons. The van der Waals surface area contributed by atoms with Gasteiger partial charge in [0.05, 0.1) is 24.1 Å². The molecule has 1 aliphatic carbocycles. The van der Waals surface area contributed by atoms with E-state index in [9.17, 15) is 9.18 Å². The van der Waals surface area contributed by atoms with Crippen LogP contribution in [0.2, 0.25) is 0 Å². The van der Waals surface area contributed by atoms with Crippen LogP contribution < -0.4 is 4.74 Å². The largest absolute Gasteiger partial charge is 0.457 e. The van der Waals surface area contributed by atoms with Gasteiger partial charge in [0.25, 0.3) is 0 Å². The van der Waals surface area contributed by atoms with Gasteiger partial charge in [-0.1, -0.05) is 6.07 Å². The third-order valence-electron chi connectivity index (χ3n) is 3.73. The van der Waals surface area contributed by atoms with Gasteiger partial charge in [0.1, 0.15) is 17.3 Å². The summed E-state index contributed by atoms with van der Waals surface area (Å²) in [6, 6.07) is 11.0. The molecular formula is C18H11FN2O2. The number of rotatable bonds is 3. The van der Waals surface area contributed by atoms with Crippen LogP contribution in [-0.2, 0) is 12.8 Å². The molecule has 0 saturated carbocycles. The average molecular weight is 306 g/mol. The zero-order chi connectivity index (χ0) is 16.4. The Labute approximate surface area is 132 Å². The molecule has 0 bridgehead atoms. The van der Waals surface area contributed by atoms with Gasteiger partial charge in [-0.15, -0.1) is 0 Å². The van der Waals surface area contributed by atoms with Crippen molar-refractivity contribution in [3.05, 3.63) is 58.4 Å². The zero-order valence-electron chi connectivity index (χ0n) is 12.1. The minimum atomic E-state index is -0.562. The maximum atomic E-state index is 13.5. The number of nitriles is 2. The van der Waals surface area contributed by atoms with Crippen LogP contribution in [0.15, 0.2) is 30.3 Å². The summed E-state index contributed by atoms with van der Waals surface area (Å²) in [6.45, 7) is 0. The molecule has 23 heavy (non-hydrogen) atoms. The number of nitrogens with zero attached hydrogens (tertiary/aromatic N) is 2. The average Bonchev–Trinajstić information content (AvgIpc) is 2.92. The first kappa shape index (κ1) is 14.7. The van der Waals surface area contributed by atoms with E-state index in [1.54, 1.807) is 12.1 Å². The molecule has 0 atom stereocenters. The fourth-order valence-electron chi connectivity index (χ4n) is 2.78. The number of benzene rings is 2. The van der Waals surface area contributed by atoms with Crippen molar-refractivity contribution in [1.29, 1.82) is 10.5 Å². The molecule has 3 rings (SSSR count). The monoisotopic (exact) mass is 306 g/mol. The van der Waals surface area contributed by atoms with Crippen molar-refractivity contribution in [2.75, 3.05) is 0 Å². The van der Waals surface area contributed by atoms with Crippen molar-refractivity contribution < 1.29 is 13.9 Å². The number of hydrogen-bond donors (Lipinski definition) is 0. The van der Waals surface area contributed by atoms with Crippen molar-refractivity contribution in [3.8, 4) is 23.6 Å². The standard InChI is InChI=1S/C18H11FN2O2/c19-13-7-11(10-21)8-14(9-13)23-17-4-1-12(5-6-20)18-15(17)2-3-16(18)22/h1,4,7-9H,2-3,5H2. The highest BCUT2D eigenvalue weighted by atomic mass is 19.1. The Bertz CT molecular complexity index is 891. The maximum absolute atomic E-state index is 13.5. The van der Waals surface area contributed by atoms with E-state index >= 15 is 0 Å². The van der Waals surface area contributed by atoms with Crippen LogP contribution in [0.5, 0.6) is 11.5 Å². The van der Waals surface area contributed by atoms with Crippen molar-refractivity contribution in [3.63, 3.8) is 0 Å². The zero-order valence-corrected chi connectivity index (χ0v) is 12.1. The predicted octanol–water partition coefficient (Wildman–Crippen LogP) is 3.68. The maximum Gasteiger partial charge on any atom is 0.163 e. The van der Waals surface area contributed by atoms with Gasteiger partial charge in [-0.25, -0.2) is 4.39 Å². The van der Waals surface area contributed by atoms with Gasteiger partial charge in [0, 0.05) is 23.6 Å². The Morgan fingerprint density at radius 2 is 2.00 bits per heavy atom. The molecule has 2 aromatic carbocycles. The number of ether oxygens (including phenoxy) is 1. The summed E-state index contributed by atoms with van der Waals surface area (Å²) < 4.78 is 19.2. The summed E-state index contributed by atoms with van der Waals surface area (Å²) in [6.07, 6.45) is 1.07. The van der Waals surface area contributed by atoms with Crippen LogP contribution in [0.1, 0.15) is 33.5 Å². The van der Waals surface area contributed by atoms with Gasteiger partial charge in [0.15, 0.2) is 5.78 Å². The van der Waals surface area contributed by atoms with Gasteiger partial charge in [-0.05, 0) is 30.2 Å². The summed E-state index contributed by atoms with van der Waals surface area (Å²) >= 11 is 0. The van der Waals surface area contributed by atoms with E-state index in [2.05, 4.69) is 0 Å². The molecule has 0 fully saturated rings. The summed E-state index contributed by atoms with van der Waals surface area (Å²) in [5.41, 5.74) is 2.13. The van der Waals surface area contributed by atoms with E-state index in [4.69, 9.17) is 15.3 Å². The summed E-state index contributed by atoms with van der Waals surface area (Å²) in [5.74, 6) is 0.0960. The third kappa shape index (κ3) is 2.77. The summed E-state index contributed by atoms with van der Waals surface area (Å²) in [7, 11) is 0. The first-order valence-corrected chi connectivity index (χ1v) is 7.06. The van der Waals surface area contributed by atoms with Crippen molar-refractivity contribution >= 4 is 5.78 Å². The molecule has 2 aromatic rings. The molecule has 0 saturated heterocycles. The molecule has 0 aliphatic heterocycles. The Kier molecular flexibility index (Phi) is 3.78. The van der Waals surface area contributed by atoms with E-state index in [1.165, 1.54) is 12.1 Å². The van der Waals surface area contributed by atoms with Gasteiger partial charge >= 0.3 is 0 Å². The second kappa shape index (κ2) is 5.90. The molecule has 0 aromatic heterocycles. The molecule has 0 amide bonds. The minimum absolute atomic E-state index is 0.00680. The molecule has 1 aliphatic rings. The molecule has 4 nitrogen and oxygen atoms in total. The van der Waals surface area contributed by atoms with E-state index in [-0.39, 0.29) is 23.5 Å². The highest BCUT2D eigenvalue weighted by Crippen LogP contribution is 2.36. The number of carbonyl (C=O) groups is 1. The quantitative estimate of drug-likeness (QED) is 0.867. The first-order valence-electron chi connectivity index (χ1n) is 7.06. The smallest absolute Gasteiger partial charge is 0.163 e. The van der Waals surface area contributed by atoms with E-state index in [0.29, 0.717) is 29.7 Å². The number of halogens is 1. The number of carbonyl (C=O) groups excluding carboxylic acids is 1. The first-order chi connectivity index (χ1) is 11.1. The van der Waals surface area contributed by atoms with Crippen molar-refractivity contribution in [1.82, 2.24) is 0 Å². The fourth-order valence-corrected chi connectivity index (χ4v) is 2.78. The topological polar surface area (TPSA) is 73.9 Å². The Balaban J connectivity index is 2.03. The van der Waals surface area contributed by atoms with E-state index in [1.807, 2.05) is 12.1 Å². The Morgan fingerprint density at radius 3 is 2.74 bits per heavy atom. The predicted molar refractivity (Wildman–Crippen MR) is 79.6 cm³/mol. The molecular weight excluding hydrogens is 295 g/mol. The lowest BCUT2D eigenvalue weighted by atomic mass is 10.00. The van der Waals surface area contributed by atoms with Gasteiger partial charge < -0.3 is 4.74 Å². The lowest BCUT2D eigenvalue weighted by molar-refractivity contribution is 0.0994. The number of fused-ring (bicyclic) bond motifs is 1. The van der Waals surface area contributed by atoms with Crippen molar-refractivity contribution in [2.24, 2.45) is 0 Å². The summed E-state index contributed by atoms with van der Waals surface area (Å²) in [4.78, 5) is 12.1.